The number of nitrogens with zero attached hydrogens (tertiary/aromatic N) is 1. The van der Waals surface area contributed by atoms with Gasteiger partial charge in [0, 0.05) is 17.2 Å². The van der Waals surface area contributed by atoms with E-state index in [1.807, 2.05) is 25.1 Å². The van der Waals surface area contributed by atoms with Gasteiger partial charge in [0.15, 0.2) is 5.70 Å². The predicted octanol–water partition coefficient (Wildman–Crippen LogP) is 5.62. The lowest BCUT2D eigenvalue weighted by atomic mass is 10.1. The Balaban J connectivity index is 1.62. The number of aliphatic imine (C=N–C) groups is 1. The average Bonchev–Trinajstić information content (AvgIpc) is 3.29. The molecule has 3 aromatic rings. The van der Waals surface area contributed by atoms with Crippen LogP contribution in [0.3, 0.4) is 0 Å². The zero-order valence-corrected chi connectivity index (χ0v) is 15.2. The zero-order chi connectivity index (χ0) is 20.6. The smallest absolute Gasteiger partial charge is 0.416 e. The number of halogens is 3. The molecule has 4 nitrogen and oxygen atoms in total. The highest BCUT2D eigenvalue weighted by atomic mass is 19.4. The number of esters is 1. The molecule has 2 heterocycles. The van der Waals surface area contributed by atoms with Crippen LogP contribution in [0.2, 0.25) is 0 Å². The molecule has 0 N–H and O–H groups in total. The second kappa shape index (κ2) is 7.09. The fourth-order valence-corrected chi connectivity index (χ4v) is 2.88. The molecule has 0 spiro atoms. The van der Waals surface area contributed by atoms with Crippen molar-refractivity contribution < 1.29 is 27.1 Å². The summed E-state index contributed by atoms with van der Waals surface area (Å²) < 4.78 is 49.5. The Morgan fingerprint density at radius 2 is 1.72 bits per heavy atom. The molecule has 0 radical (unpaired) electrons. The molecule has 0 amide bonds. The first-order chi connectivity index (χ1) is 13.8. The molecule has 0 aliphatic carbocycles. The molecule has 146 valence electrons. The molecular weight excluding hydrogens is 383 g/mol. The maximum absolute atomic E-state index is 12.9. The summed E-state index contributed by atoms with van der Waals surface area (Å²) in [5, 5.41) is 0. The molecule has 0 fully saturated rings. The minimum atomic E-state index is -4.44. The van der Waals surface area contributed by atoms with Crippen molar-refractivity contribution in [1.82, 2.24) is 0 Å². The Morgan fingerprint density at radius 3 is 2.48 bits per heavy atom. The minimum Gasteiger partial charge on any atom is -0.457 e. The summed E-state index contributed by atoms with van der Waals surface area (Å²) in [5.41, 5.74) is 1.23. The SMILES string of the molecule is Cc1cccc(C2=N/C(=C/c3ccc(-c4cccc(C(F)(F)F)c4)o3)C(=O)O2)c1. The number of hydrogen-bond acceptors (Lipinski definition) is 4. The van der Waals surface area contributed by atoms with Gasteiger partial charge in [0.05, 0.1) is 5.56 Å². The van der Waals surface area contributed by atoms with Gasteiger partial charge >= 0.3 is 12.1 Å². The van der Waals surface area contributed by atoms with E-state index in [4.69, 9.17) is 9.15 Å². The van der Waals surface area contributed by atoms with Crippen LogP contribution in [0.25, 0.3) is 17.4 Å². The first kappa shape index (κ1) is 18.7. The van der Waals surface area contributed by atoms with Crippen LogP contribution in [0, 0.1) is 6.92 Å². The van der Waals surface area contributed by atoms with Crippen LogP contribution in [-0.4, -0.2) is 11.9 Å². The van der Waals surface area contributed by atoms with Crippen LogP contribution in [-0.2, 0) is 15.7 Å². The molecule has 4 rings (SSSR count). The zero-order valence-electron chi connectivity index (χ0n) is 15.2. The fraction of sp³-hybridized carbons (Fsp3) is 0.0909. The number of carbonyl (C=O) groups is 1. The van der Waals surface area contributed by atoms with E-state index in [0.717, 1.165) is 17.7 Å². The van der Waals surface area contributed by atoms with Gasteiger partial charge in [-0.25, -0.2) is 9.79 Å². The first-order valence-electron chi connectivity index (χ1n) is 8.67. The van der Waals surface area contributed by atoms with E-state index < -0.39 is 17.7 Å². The molecule has 1 aliphatic rings. The molecule has 0 atom stereocenters. The number of furan rings is 1. The number of aryl methyl sites for hydroxylation is 1. The molecule has 29 heavy (non-hydrogen) atoms. The lowest BCUT2D eigenvalue weighted by Gasteiger charge is -2.07. The van der Waals surface area contributed by atoms with E-state index in [1.54, 1.807) is 12.1 Å². The highest BCUT2D eigenvalue weighted by Gasteiger charge is 2.30. The minimum absolute atomic E-state index is 0.0476. The van der Waals surface area contributed by atoms with E-state index in [0.29, 0.717) is 5.56 Å². The summed E-state index contributed by atoms with van der Waals surface area (Å²) in [6.07, 6.45) is -3.05. The number of hydrogen-bond donors (Lipinski definition) is 0. The molecule has 7 heteroatoms. The van der Waals surface area contributed by atoms with Crippen LogP contribution < -0.4 is 0 Å². The number of benzene rings is 2. The molecule has 0 bridgehead atoms. The topological polar surface area (TPSA) is 51.8 Å². The highest BCUT2D eigenvalue weighted by molar-refractivity contribution is 6.12. The van der Waals surface area contributed by atoms with Crippen molar-refractivity contribution in [2.45, 2.75) is 13.1 Å². The largest absolute Gasteiger partial charge is 0.457 e. The van der Waals surface area contributed by atoms with Crippen molar-refractivity contribution in [3.63, 3.8) is 0 Å². The summed E-state index contributed by atoms with van der Waals surface area (Å²) >= 11 is 0. The van der Waals surface area contributed by atoms with Crippen LogP contribution in [0.15, 0.2) is 75.8 Å². The summed E-state index contributed by atoms with van der Waals surface area (Å²) in [7, 11) is 0. The van der Waals surface area contributed by atoms with Crippen molar-refractivity contribution in [2.75, 3.05) is 0 Å². The maximum atomic E-state index is 12.9. The summed E-state index contributed by atoms with van der Waals surface area (Å²) in [4.78, 5) is 16.3. The van der Waals surface area contributed by atoms with Gasteiger partial charge < -0.3 is 9.15 Å². The van der Waals surface area contributed by atoms with Crippen LogP contribution in [0.5, 0.6) is 0 Å². The number of ether oxygens (including phenoxy) is 1. The van der Waals surface area contributed by atoms with Crippen LogP contribution >= 0.6 is 0 Å². The predicted molar refractivity (Wildman–Crippen MR) is 101 cm³/mol. The molecule has 0 saturated carbocycles. The Labute approximate surface area is 164 Å². The van der Waals surface area contributed by atoms with Crippen molar-refractivity contribution >= 4 is 17.9 Å². The Bertz CT molecular complexity index is 1160. The third-order valence-electron chi connectivity index (χ3n) is 4.27. The number of alkyl halides is 3. The van der Waals surface area contributed by atoms with Gasteiger partial charge in [0.2, 0.25) is 5.90 Å². The van der Waals surface area contributed by atoms with Gasteiger partial charge in [-0.3, -0.25) is 0 Å². The first-order valence-corrected chi connectivity index (χ1v) is 8.67. The summed E-state index contributed by atoms with van der Waals surface area (Å²) in [6.45, 7) is 1.91. The molecule has 0 unspecified atom stereocenters. The lowest BCUT2D eigenvalue weighted by Crippen LogP contribution is -2.05. The van der Waals surface area contributed by atoms with Crippen molar-refractivity contribution in [2.24, 2.45) is 4.99 Å². The molecular formula is C22H14F3NO3. The van der Waals surface area contributed by atoms with E-state index in [1.165, 1.54) is 24.3 Å². The van der Waals surface area contributed by atoms with Gasteiger partial charge in [0.1, 0.15) is 11.5 Å². The monoisotopic (exact) mass is 397 g/mol. The average molecular weight is 397 g/mol. The van der Waals surface area contributed by atoms with Gasteiger partial charge in [0.25, 0.3) is 0 Å². The van der Waals surface area contributed by atoms with Gasteiger partial charge in [-0.15, -0.1) is 0 Å². The normalized spacial score (nSPS) is 15.5. The van der Waals surface area contributed by atoms with E-state index in [9.17, 15) is 18.0 Å². The number of carbonyl (C=O) groups excluding carboxylic acids is 1. The standard InChI is InChI=1S/C22H14F3NO3/c1-13-4-2-6-15(10-13)20-26-18(21(27)29-20)12-17-8-9-19(28-17)14-5-3-7-16(11-14)22(23,24)25/h2-12H,1H3/b18-12+. The second-order valence-corrected chi connectivity index (χ2v) is 6.49. The quantitative estimate of drug-likeness (QED) is 0.426. The Hall–Kier alpha value is -3.61. The summed E-state index contributed by atoms with van der Waals surface area (Å²) in [6, 6.07) is 15.3. The van der Waals surface area contributed by atoms with Gasteiger partial charge in [-0.2, -0.15) is 13.2 Å². The number of cyclic esters (lactones) is 1. The third-order valence-corrected chi connectivity index (χ3v) is 4.27. The summed E-state index contributed by atoms with van der Waals surface area (Å²) in [5.74, 6) is 0.0870. The Kier molecular flexibility index (Phi) is 4.58. The molecule has 0 saturated heterocycles. The van der Waals surface area contributed by atoms with Crippen molar-refractivity contribution in [3.05, 3.63) is 88.8 Å². The van der Waals surface area contributed by atoms with E-state index >= 15 is 0 Å². The fourth-order valence-electron chi connectivity index (χ4n) is 2.88. The van der Waals surface area contributed by atoms with E-state index in [-0.39, 0.29) is 28.7 Å². The molecule has 1 aliphatic heterocycles. The van der Waals surface area contributed by atoms with Gasteiger partial charge in [-0.05, 0) is 43.3 Å². The van der Waals surface area contributed by atoms with Crippen molar-refractivity contribution in [1.29, 1.82) is 0 Å². The maximum Gasteiger partial charge on any atom is 0.416 e. The molecule has 1 aromatic heterocycles. The second-order valence-electron chi connectivity index (χ2n) is 6.49. The number of rotatable bonds is 3. The Morgan fingerprint density at radius 1 is 0.966 bits per heavy atom. The lowest BCUT2D eigenvalue weighted by molar-refractivity contribution is -0.137. The van der Waals surface area contributed by atoms with E-state index in [2.05, 4.69) is 4.99 Å². The highest BCUT2D eigenvalue weighted by Crippen LogP contribution is 2.33. The third kappa shape index (κ3) is 3.99. The van der Waals surface area contributed by atoms with Crippen LogP contribution in [0.4, 0.5) is 13.2 Å². The van der Waals surface area contributed by atoms with Crippen LogP contribution in [0.1, 0.15) is 22.5 Å². The van der Waals surface area contributed by atoms with Gasteiger partial charge in [-0.1, -0.05) is 29.8 Å². The van der Waals surface area contributed by atoms with Crippen molar-refractivity contribution in [3.8, 4) is 11.3 Å². The molecule has 2 aromatic carbocycles.